The number of aliphatic hydroxyl groups is 3. The highest BCUT2D eigenvalue weighted by Gasteiger charge is 2.53. The number of aromatic hydroxyl groups is 2. The minimum atomic E-state index is -1.10. The van der Waals surface area contributed by atoms with Gasteiger partial charge in [0.15, 0.2) is 12.5 Å². The second kappa shape index (κ2) is 38.7. The molecule has 3 aromatic heterocycles. The van der Waals surface area contributed by atoms with Crippen LogP contribution >= 0.6 is 23.5 Å². The number of anilines is 1. The average Bonchev–Trinajstić information content (AvgIpc) is 1.17. The largest absolute Gasteiger partial charge is 0.494 e. The van der Waals surface area contributed by atoms with Gasteiger partial charge >= 0.3 is 49.7 Å². The summed E-state index contributed by atoms with van der Waals surface area (Å²) in [5, 5.41) is 63.1. The topological polar surface area (TPSA) is 410 Å². The van der Waals surface area contributed by atoms with E-state index in [1.807, 2.05) is 147 Å². The highest BCUT2D eigenvalue weighted by atomic mass is 32.2. The molecule has 33 nitrogen and oxygen atoms in total. The first-order valence-electron chi connectivity index (χ1n) is 43.0. The van der Waals surface area contributed by atoms with Crippen LogP contribution < -0.4 is 52.3 Å². The van der Waals surface area contributed by atoms with Crippen molar-refractivity contribution in [1.29, 1.82) is 0 Å². The number of benzene rings is 7. The van der Waals surface area contributed by atoms with E-state index >= 15 is 0 Å². The Balaban J connectivity index is 0.555. The van der Waals surface area contributed by atoms with E-state index in [1.54, 1.807) is 36.4 Å². The first-order valence-corrected chi connectivity index (χ1v) is 45.1. The number of amides is 1. The number of nitrogens with one attached hydrogen (secondary N) is 3. The number of aromatic nitrogens is 5. The zero-order valence-electron chi connectivity index (χ0n) is 70.8. The van der Waals surface area contributed by atoms with Crippen LogP contribution in [0.5, 0.6) is 23.3 Å². The third-order valence-electron chi connectivity index (χ3n) is 24.1. The highest BCUT2D eigenvalue weighted by molar-refractivity contribution is 8.00. The number of nitrogens with zero attached hydrogens (tertiary/aromatic N) is 8. The van der Waals surface area contributed by atoms with E-state index in [4.69, 9.17) is 56.5 Å². The fourth-order valence-corrected chi connectivity index (χ4v) is 21.0. The van der Waals surface area contributed by atoms with Gasteiger partial charge in [-0.25, -0.2) is 24.4 Å². The zero-order chi connectivity index (χ0) is 90.0. The van der Waals surface area contributed by atoms with E-state index in [0.29, 0.717) is 75.4 Å². The number of aliphatic imine (C=N–C) groups is 3. The van der Waals surface area contributed by atoms with Crippen LogP contribution in [0, 0.1) is 25.5 Å². The minimum absolute atomic E-state index is 0.0181. The molecule has 12 unspecified atom stereocenters. The van der Waals surface area contributed by atoms with Gasteiger partial charge in [-0.3, -0.25) is 24.0 Å². The third-order valence-corrected chi connectivity index (χ3v) is 27.1. The smallest absolute Gasteiger partial charge is 0.491 e. The predicted molar refractivity (Wildman–Crippen MR) is 476 cm³/mol. The fourth-order valence-electron chi connectivity index (χ4n) is 17.9. The Morgan fingerprint density at radius 2 is 1.06 bits per heavy atom. The van der Waals surface area contributed by atoms with Gasteiger partial charge < -0.3 is 92.7 Å². The fraction of sp³-hybridized carbons (Fsp3) is 0.374. The maximum Gasteiger partial charge on any atom is 0.494 e. The second-order valence-electron chi connectivity index (χ2n) is 33.0. The molecule has 7 aromatic carbocycles. The number of rotatable bonds is 32. The Morgan fingerprint density at radius 3 is 1.56 bits per heavy atom. The van der Waals surface area contributed by atoms with Crippen molar-refractivity contribution in [3.8, 4) is 34.5 Å². The summed E-state index contributed by atoms with van der Waals surface area (Å²) in [5.41, 5.74) is 7.77. The summed E-state index contributed by atoms with van der Waals surface area (Å²) < 4.78 is 106. The normalized spacial score (nSPS) is 22.4. The molecule has 0 saturated carbocycles. The monoisotopic (exact) mass is 1810 g/mol. The van der Waals surface area contributed by atoms with Gasteiger partial charge in [0.2, 0.25) is 22.8 Å². The minimum Gasteiger partial charge on any atom is -0.491 e. The van der Waals surface area contributed by atoms with Crippen LogP contribution in [0.3, 0.4) is 0 Å². The Kier molecular flexibility index (Phi) is 26.3. The number of aryl methyl sites for hydroxylation is 3. The molecule has 130 heavy (non-hydrogen) atoms. The average molecular weight is 1820 g/mol. The Morgan fingerprint density at radius 1 is 0.577 bits per heavy atom. The lowest BCUT2D eigenvalue weighted by molar-refractivity contribution is -0.655. The number of halogens is 2. The van der Waals surface area contributed by atoms with E-state index in [1.165, 1.54) is 0 Å². The van der Waals surface area contributed by atoms with Crippen molar-refractivity contribution in [3.63, 3.8) is 0 Å². The van der Waals surface area contributed by atoms with Crippen LogP contribution in [-0.2, 0) is 103 Å². The van der Waals surface area contributed by atoms with Crippen molar-refractivity contribution in [2.24, 2.45) is 15.0 Å². The highest BCUT2D eigenvalue weighted by Crippen LogP contribution is 2.42. The molecule has 39 heteroatoms. The number of aliphatic hydroxyl groups excluding tert-OH is 3. The lowest BCUT2D eigenvalue weighted by atomic mass is 9.79. The van der Waals surface area contributed by atoms with Gasteiger partial charge in [-0.15, -0.1) is 0 Å². The first-order chi connectivity index (χ1) is 63.0. The van der Waals surface area contributed by atoms with Gasteiger partial charge in [0.25, 0.3) is 23.8 Å². The first kappa shape index (κ1) is 88.3. The Hall–Kier alpha value is -12.4. The molecule has 8 aliphatic rings. The molecular weight excluding hydrogens is 1720 g/mol. The number of ether oxygens (including phenoxy) is 8. The molecule has 11 heterocycles. The SMILES string of the molecule is CC[n+]1c(-c2ccccc2)c2cc(N=C(O)OCc3cc(C)cc(COC(=O)CCCCC4SCC5N=C(O)NC54)c3OCc3ccc(B4OC5COC(n6cc(F)c(O)nc6=O)C5O4)cc3)ccc2c2ccc(NC(=O)OCc3cc(C)cc(COC(=O)CCCCC4SCC5N=C(O)NC54)c3OCc3ccc(B4OC5COC(n6cc(F)c(O)nc6=O)C5O4)cc3)cc21. The Labute approximate surface area is 751 Å². The number of carbonyl (C=O) groups excluding carboxylic acids is 3. The van der Waals surface area contributed by atoms with Crippen LogP contribution in [0.15, 0.2) is 176 Å². The molecule has 1 amide bonds. The molecule has 674 valence electrons. The van der Waals surface area contributed by atoms with E-state index in [2.05, 4.69) is 45.5 Å². The van der Waals surface area contributed by atoms with Crippen molar-refractivity contribution >= 4 is 118 Å². The summed E-state index contributed by atoms with van der Waals surface area (Å²) in [6.45, 7) is 5.60. The summed E-state index contributed by atoms with van der Waals surface area (Å²) in [6.07, 6.45) is 0.0374. The summed E-state index contributed by atoms with van der Waals surface area (Å²) in [6, 6.07) is 43.0. The number of amidine groups is 2. The Bertz CT molecular complexity index is 6190. The second-order valence-corrected chi connectivity index (χ2v) is 35.5. The quantitative estimate of drug-likeness (QED) is 0.00284. The number of hydrogen-bond acceptors (Lipinski definition) is 28. The summed E-state index contributed by atoms with van der Waals surface area (Å²) in [7, 11) is -1.74. The number of thioether (sulfide) groups is 2. The molecule has 8 aliphatic heterocycles. The number of fused-ring (bicyclic) bond motifs is 7. The van der Waals surface area contributed by atoms with Crippen molar-refractivity contribution in [2.45, 2.75) is 190 Å². The van der Waals surface area contributed by atoms with Gasteiger partial charge in [-0.2, -0.15) is 51.8 Å². The van der Waals surface area contributed by atoms with Gasteiger partial charge in [0.1, 0.15) is 69.9 Å². The van der Waals surface area contributed by atoms with Crippen LogP contribution in [0.1, 0.15) is 115 Å². The number of esters is 2. The molecule has 10 aromatic rings. The molecule has 8 N–H and O–H groups in total. The van der Waals surface area contributed by atoms with E-state index < -0.39 is 110 Å². The zero-order valence-corrected chi connectivity index (χ0v) is 72.4. The van der Waals surface area contributed by atoms with Crippen molar-refractivity contribution in [2.75, 3.05) is 30.0 Å². The summed E-state index contributed by atoms with van der Waals surface area (Å²) in [4.78, 5) is 86.5. The molecular formula is C91H92B2F2N11O22S2+. The van der Waals surface area contributed by atoms with Crippen molar-refractivity contribution in [3.05, 3.63) is 229 Å². The van der Waals surface area contributed by atoms with Crippen molar-refractivity contribution in [1.82, 2.24) is 29.7 Å². The summed E-state index contributed by atoms with van der Waals surface area (Å²) >= 11 is 3.62. The maximum atomic E-state index is 14.4. The lowest BCUT2D eigenvalue weighted by Crippen LogP contribution is -2.38. The standard InChI is InChI=1S/C91H91B2F2N11O22S2/c1-4-104-68-35-60(97-91(116)124-43-56-33-49(3)31-54(41-118-74(108)17-11-9-15-72-76-67(47-130-72)99-87(112)101-76)79(56)120-39-51-20-24-58(25-21-51)93-126-70-45-122-85(81(70)128-93)106-37-65(95)83(110)103-89(106)114)27-29-62(68)61-28-26-59(34-63(61)77(104)52-12-6-5-7-13-52)96-90(115)123-42-55-32-48(2)30-53(40-117-73(107)16-10-8-14-71-75-66(46-129-71)98-86(111)100-75)78(55)119-38-50-18-22-57(23-19-50)92-125-69-44-121-84(80(69)127-92)105-36-64(94)82(109)102-88(105)113/h5-7,12-13,18-37,66-67,69-72,75-76,80-81,84-85H,4,8-11,14-17,38-47H2,1-3H3,(H7,96,98,99,100,101,102,103,109,110,111,112,113,114,115)/p+1. The van der Waals surface area contributed by atoms with E-state index in [0.717, 1.165) is 114 Å². The van der Waals surface area contributed by atoms with Crippen LogP contribution in [0.2, 0.25) is 0 Å². The third kappa shape index (κ3) is 19.4. The number of hydrogen-bond donors (Lipinski definition) is 8. The van der Waals surface area contributed by atoms with Crippen LogP contribution in [0.4, 0.5) is 25.0 Å². The molecule has 12 atom stereocenters. The van der Waals surface area contributed by atoms with Crippen molar-refractivity contribution < 1.29 is 110 Å². The molecule has 6 saturated heterocycles. The van der Waals surface area contributed by atoms with Gasteiger partial charge in [-0.05, 0) is 129 Å². The number of carbonyl (C=O) groups is 3. The molecule has 0 bridgehead atoms. The molecule has 0 spiro atoms. The number of unbranched alkanes of at least 4 members (excludes halogenated alkanes) is 2. The van der Waals surface area contributed by atoms with Gasteiger partial charge in [0.05, 0.1) is 84.1 Å². The lowest BCUT2D eigenvalue weighted by Gasteiger charge is -2.19. The molecule has 0 radical (unpaired) electrons. The van der Waals surface area contributed by atoms with E-state index in [9.17, 15) is 58.3 Å². The molecule has 6 fully saturated rings. The van der Waals surface area contributed by atoms with Gasteiger partial charge in [-0.1, -0.05) is 96.8 Å². The molecule has 18 rings (SSSR count). The molecule has 0 aliphatic carbocycles. The van der Waals surface area contributed by atoms with Gasteiger partial charge in [0, 0.05) is 74.1 Å². The summed E-state index contributed by atoms with van der Waals surface area (Å²) in [5.74, 6) is -2.72. The van der Waals surface area contributed by atoms with Crippen LogP contribution in [-0.4, -0.2) is 179 Å². The van der Waals surface area contributed by atoms with E-state index in [-0.39, 0.29) is 112 Å². The van der Waals surface area contributed by atoms with Crippen LogP contribution in [0.25, 0.3) is 32.9 Å². The predicted octanol–water partition coefficient (Wildman–Crippen LogP) is 10.4. The maximum absolute atomic E-state index is 14.4. The number of pyridine rings is 1.